The zero-order chi connectivity index (χ0) is 32.7. The highest BCUT2D eigenvalue weighted by Gasteiger charge is 2.34. The molecule has 0 unspecified atom stereocenters. The molecular formula is C38H40N6O4. The van der Waals surface area contributed by atoms with Crippen molar-refractivity contribution < 1.29 is 18.6 Å². The van der Waals surface area contributed by atoms with E-state index in [1.165, 1.54) is 11.1 Å². The van der Waals surface area contributed by atoms with Crippen molar-refractivity contribution in [1.29, 1.82) is 0 Å². The van der Waals surface area contributed by atoms with Gasteiger partial charge in [0.2, 0.25) is 11.8 Å². The van der Waals surface area contributed by atoms with E-state index < -0.39 is 0 Å². The summed E-state index contributed by atoms with van der Waals surface area (Å²) < 4.78 is 11.4. The van der Waals surface area contributed by atoms with E-state index in [9.17, 15) is 9.59 Å². The Kier molecular flexibility index (Phi) is 9.67. The van der Waals surface area contributed by atoms with Gasteiger partial charge in [-0.1, -0.05) is 71.0 Å². The summed E-state index contributed by atoms with van der Waals surface area (Å²) in [6.07, 6.45) is 8.30. The van der Waals surface area contributed by atoms with Crippen molar-refractivity contribution >= 4 is 11.8 Å². The molecule has 2 aliphatic rings. The number of carbonyl (C=O) groups excluding carboxylic acids is 2. The van der Waals surface area contributed by atoms with Crippen LogP contribution in [0.25, 0.3) is 0 Å². The third-order valence-corrected chi connectivity index (χ3v) is 9.40. The van der Waals surface area contributed by atoms with Gasteiger partial charge in [0.1, 0.15) is 12.1 Å². The Morgan fingerprint density at radius 3 is 1.40 bits per heavy atom. The Morgan fingerprint density at radius 1 is 0.562 bits per heavy atom. The molecule has 0 saturated carbocycles. The summed E-state index contributed by atoms with van der Waals surface area (Å²) in [5.41, 5.74) is 3.48. The van der Waals surface area contributed by atoms with Gasteiger partial charge in [0, 0.05) is 37.1 Å². The summed E-state index contributed by atoms with van der Waals surface area (Å²) in [6, 6.07) is 26.9. The Bertz CT molecular complexity index is 1670. The Balaban J connectivity index is 0.999. The van der Waals surface area contributed by atoms with Gasteiger partial charge in [-0.25, -0.2) is 0 Å². The fraction of sp³-hybridized carbons (Fsp3) is 0.368. The monoisotopic (exact) mass is 644 g/mol. The smallest absolute Gasteiger partial charge is 0.254 e. The molecule has 10 nitrogen and oxygen atoms in total. The van der Waals surface area contributed by atoms with Crippen molar-refractivity contribution in [2.75, 3.05) is 13.1 Å². The molecule has 2 amide bonds. The molecule has 5 aromatic rings. The van der Waals surface area contributed by atoms with Crippen LogP contribution in [0.2, 0.25) is 0 Å². The van der Waals surface area contributed by atoms with E-state index in [1.807, 2.05) is 46.2 Å². The van der Waals surface area contributed by atoms with Crippen LogP contribution in [0.5, 0.6) is 0 Å². The van der Waals surface area contributed by atoms with Crippen LogP contribution in [-0.2, 0) is 25.7 Å². The largest absolute Gasteiger partial charge is 0.337 e. The SMILES string of the molecule is O=C(c1ccc(C(=O)N2CCCC[C@H]2c2nc(CCc3ccccc3)no2)cc1)N1CCCC[C@H]1c1nc(CCc2ccccc2)no1. The van der Waals surface area contributed by atoms with Crippen LogP contribution in [0, 0.1) is 0 Å². The van der Waals surface area contributed by atoms with Gasteiger partial charge in [-0.3, -0.25) is 9.59 Å². The molecule has 2 saturated heterocycles. The molecule has 4 heterocycles. The number of aromatic nitrogens is 4. The fourth-order valence-electron chi connectivity index (χ4n) is 6.76. The van der Waals surface area contributed by atoms with Crippen molar-refractivity contribution in [2.24, 2.45) is 0 Å². The highest BCUT2D eigenvalue weighted by atomic mass is 16.5. The number of aryl methyl sites for hydroxylation is 4. The molecule has 2 aromatic heterocycles. The Labute approximate surface area is 280 Å². The molecule has 0 radical (unpaired) electrons. The van der Waals surface area contributed by atoms with Crippen molar-refractivity contribution in [2.45, 2.75) is 76.3 Å². The van der Waals surface area contributed by atoms with Crippen LogP contribution >= 0.6 is 0 Å². The second-order valence-corrected chi connectivity index (χ2v) is 12.7. The van der Waals surface area contributed by atoms with Crippen molar-refractivity contribution in [3.05, 3.63) is 131 Å². The molecule has 3 aromatic carbocycles. The third-order valence-electron chi connectivity index (χ3n) is 9.40. The maximum absolute atomic E-state index is 13.8. The van der Waals surface area contributed by atoms with Crippen LogP contribution < -0.4 is 0 Å². The van der Waals surface area contributed by atoms with Crippen molar-refractivity contribution in [3.8, 4) is 0 Å². The number of piperidine rings is 2. The summed E-state index contributed by atoms with van der Waals surface area (Å²) in [6.45, 7) is 1.22. The standard InChI is InChI=1S/C38H40N6O4/c45-37(43-25-9-7-15-31(43)35-39-33(41-47-35)23-17-27-11-3-1-4-12-27)29-19-21-30(22-20-29)38(46)44-26-10-8-16-32(44)36-40-34(42-48-36)24-18-28-13-5-2-6-14-28/h1-6,11-14,19-22,31-32H,7-10,15-18,23-26H2/t31-,32-/m0/s1. The second-order valence-electron chi connectivity index (χ2n) is 12.7. The maximum Gasteiger partial charge on any atom is 0.254 e. The third kappa shape index (κ3) is 7.22. The van der Waals surface area contributed by atoms with E-state index in [0.717, 1.165) is 51.4 Å². The van der Waals surface area contributed by atoms with Gasteiger partial charge in [-0.2, -0.15) is 9.97 Å². The summed E-state index contributed by atoms with van der Waals surface area (Å²) in [5.74, 6) is 2.06. The molecule has 2 atom stereocenters. The molecule has 0 N–H and O–H groups in total. The van der Waals surface area contributed by atoms with Gasteiger partial charge in [-0.05, 0) is 86.8 Å². The molecule has 0 spiro atoms. The molecule has 7 rings (SSSR count). The zero-order valence-electron chi connectivity index (χ0n) is 27.0. The summed E-state index contributed by atoms with van der Waals surface area (Å²) in [4.78, 5) is 40.6. The Morgan fingerprint density at radius 2 is 0.979 bits per heavy atom. The fourth-order valence-corrected chi connectivity index (χ4v) is 6.76. The first-order chi connectivity index (χ1) is 23.6. The predicted octanol–water partition coefficient (Wildman–Crippen LogP) is 6.76. The average Bonchev–Trinajstić information content (AvgIpc) is 3.84. The van der Waals surface area contributed by atoms with Crippen LogP contribution in [0.3, 0.4) is 0 Å². The van der Waals surface area contributed by atoms with E-state index in [2.05, 4.69) is 44.5 Å². The lowest BCUT2D eigenvalue weighted by Gasteiger charge is -2.34. The Hall–Kier alpha value is -5.12. The molecule has 10 heteroatoms. The molecule has 2 fully saturated rings. The van der Waals surface area contributed by atoms with E-state index >= 15 is 0 Å². The summed E-state index contributed by atoms with van der Waals surface area (Å²) >= 11 is 0. The first kappa shape index (κ1) is 31.5. The predicted molar refractivity (Wildman–Crippen MR) is 178 cm³/mol. The lowest BCUT2D eigenvalue weighted by Crippen LogP contribution is -2.39. The van der Waals surface area contributed by atoms with Crippen molar-refractivity contribution in [1.82, 2.24) is 30.1 Å². The minimum absolute atomic E-state index is 0.104. The highest BCUT2D eigenvalue weighted by Crippen LogP contribution is 2.33. The van der Waals surface area contributed by atoms with Gasteiger partial charge in [0.15, 0.2) is 11.6 Å². The minimum Gasteiger partial charge on any atom is -0.337 e. The normalized spacial score (nSPS) is 18.2. The topological polar surface area (TPSA) is 118 Å². The van der Waals surface area contributed by atoms with Gasteiger partial charge >= 0.3 is 0 Å². The maximum atomic E-state index is 13.8. The second kappa shape index (κ2) is 14.8. The number of likely N-dealkylation sites (tertiary alicyclic amines) is 2. The van der Waals surface area contributed by atoms with E-state index in [4.69, 9.17) is 9.05 Å². The van der Waals surface area contributed by atoms with Crippen LogP contribution in [0.4, 0.5) is 0 Å². The first-order valence-corrected chi connectivity index (χ1v) is 17.1. The quantitative estimate of drug-likeness (QED) is 0.164. The summed E-state index contributed by atoms with van der Waals surface area (Å²) in [5, 5.41) is 8.44. The molecule has 48 heavy (non-hydrogen) atoms. The molecule has 0 aliphatic carbocycles. The number of nitrogens with zero attached hydrogens (tertiary/aromatic N) is 6. The van der Waals surface area contributed by atoms with Crippen molar-refractivity contribution in [3.63, 3.8) is 0 Å². The average molecular weight is 645 g/mol. The van der Waals surface area contributed by atoms with Crippen LogP contribution in [0.1, 0.15) is 106 Å². The molecule has 0 bridgehead atoms. The zero-order valence-corrected chi connectivity index (χ0v) is 27.0. The van der Waals surface area contributed by atoms with E-state index in [1.54, 1.807) is 24.3 Å². The number of benzene rings is 3. The number of carbonyl (C=O) groups is 2. The minimum atomic E-state index is -0.272. The van der Waals surface area contributed by atoms with Gasteiger partial charge in [0.25, 0.3) is 11.8 Å². The number of hydrogen-bond acceptors (Lipinski definition) is 8. The van der Waals surface area contributed by atoms with Crippen LogP contribution in [0.15, 0.2) is 94.0 Å². The first-order valence-electron chi connectivity index (χ1n) is 17.1. The molecule has 2 aliphatic heterocycles. The highest BCUT2D eigenvalue weighted by molar-refractivity contribution is 5.98. The van der Waals surface area contributed by atoms with E-state index in [0.29, 0.717) is 60.5 Å². The number of amides is 2. The van der Waals surface area contributed by atoms with Gasteiger partial charge in [-0.15, -0.1) is 0 Å². The molecular weight excluding hydrogens is 604 g/mol. The van der Waals surface area contributed by atoms with Crippen LogP contribution in [-0.4, -0.2) is 55.0 Å². The summed E-state index contributed by atoms with van der Waals surface area (Å²) in [7, 11) is 0. The lowest BCUT2D eigenvalue weighted by atomic mass is 9.99. The van der Waals surface area contributed by atoms with E-state index in [-0.39, 0.29) is 23.9 Å². The van der Waals surface area contributed by atoms with Gasteiger partial charge in [0.05, 0.1) is 0 Å². The number of hydrogen-bond donors (Lipinski definition) is 0. The van der Waals surface area contributed by atoms with Gasteiger partial charge < -0.3 is 18.8 Å². The lowest BCUT2D eigenvalue weighted by molar-refractivity contribution is 0.0551. The molecule has 246 valence electrons. The number of rotatable bonds is 10.